The molecule has 0 saturated heterocycles. The van der Waals surface area contributed by atoms with Crippen LogP contribution in [0.15, 0.2) is 11.6 Å². The van der Waals surface area contributed by atoms with Gasteiger partial charge >= 0.3 is 0 Å². The van der Waals surface area contributed by atoms with Crippen molar-refractivity contribution in [2.45, 2.75) is 90.1 Å². The third kappa shape index (κ3) is 8.33. The third-order valence-electron chi connectivity index (χ3n) is 5.02. The zero-order chi connectivity index (χ0) is 16.0. The Morgan fingerprint density at radius 2 is 1.91 bits per heavy atom. The number of unbranched alkanes of at least 4 members (excludes halogenated alkanes) is 3. The summed E-state index contributed by atoms with van der Waals surface area (Å²) in [6, 6.07) is 0. The zero-order valence-electron chi connectivity index (χ0n) is 15.2. The van der Waals surface area contributed by atoms with Crippen LogP contribution < -0.4 is 0 Å². The first-order chi connectivity index (χ1) is 10.8. The lowest BCUT2D eigenvalue weighted by atomic mass is 9.86. The first-order valence-corrected chi connectivity index (χ1v) is 9.52. The van der Waals surface area contributed by atoms with Crippen LogP contribution >= 0.6 is 0 Å². The third-order valence-corrected chi connectivity index (χ3v) is 5.02. The van der Waals surface area contributed by atoms with Gasteiger partial charge in [-0.05, 0) is 32.1 Å². The van der Waals surface area contributed by atoms with E-state index in [0.717, 1.165) is 13.0 Å². The molecule has 0 aromatic heterocycles. The molecule has 0 aliphatic heterocycles. The van der Waals surface area contributed by atoms with Crippen molar-refractivity contribution < 1.29 is 9.47 Å². The molecule has 22 heavy (non-hydrogen) atoms. The first kappa shape index (κ1) is 19.7. The van der Waals surface area contributed by atoms with Gasteiger partial charge in [-0.2, -0.15) is 0 Å². The molecule has 1 aliphatic rings. The number of ether oxygens (including phenoxy) is 2. The van der Waals surface area contributed by atoms with E-state index >= 15 is 0 Å². The molecule has 0 bridgehead atoms. The molecule has 130 valence electrons. The summed E-state index contributed by atoms with van der Waals surface area (Å²) in [4.78, 5) is 0. The summed E-state index contributed by atoms with van der Waals surface area (Å²) < 4.78 is 11.2. The van der Waals surface area contributed by atoms with Crippen LogP contribution in [0, 0.1) is 5.92 Å². The summed E-state index contributed by atoms with van der Waals surface area (Å²) in [6.07, 6.45) is 18.5. The molecule has 0 aromatic carbocycles. The highest BCUT2D eigenvalue weighted by atomic mass is 16.5. The maximum Gasteiger partial charge on any atom is 0.0605 e. The van der Waals surface area contributed by atoms with E-state index in [9.17, 15) is 0 Å². The quantitative estimate of drug-likeness (QED) is 0.369. The van der Waals surface area contributed by atoms with E-state index in [1.165, 1.54) is 70.6 Å². The highest BCUT2D eigenvalue weighted by Gasteiger charge is 2.17. The lowest BCUT2D eigenvalue weighted by molar-refractivity contribution is 0.0946. The van der Waals surface area contributed by atoms with Crippen molar-refractivity contribution >= 4 is 0 Å². The van der Waals surface area contributed by atoms with Gasteiger partial charge in [0.15, 0.2) is 0 Å². The summed E-state index contributed by atoms with van der Waals surface area (Å²) >= 11 is 0. The van der Waals surface area contributed by atoms with Gasteiger partial charge in [0.1, 0.15) is 0 Å². The van der Waals surface area contributed by atoms with Crippen LogP contribution in [-0.2, 0) is 9.47 Å². The van der Waals surface area contributed by atoms with Crippen LogP contribution in [0.4, 0.5) is 0 Å². The molecular formula is C20H38O2. The molecule has 2 unspecified atom stereocenters. The van der Waals surface area contributed by atoms with Crippen molar-refractivity contribution in [1.82, 2.24) is 0 Å². The van der Waals surface area contributed by atoms with E-state index in [1.54, 1.807) is 5.57 Å². The summed E-state index contributed by atoms with van der Waals surface area (Å²) in [5.74, 6) is 0.642. The van der Waals surface area contributed by atoms with Crippen LogP contribution in [0.25, 0.3) is 0 Å². The Labute approximate surface area is 138 Å². The van der Waals surface area contributed by atoms with E-state index in [1.807, 2.05) is 14.2 Å². The van der Waals surface area contributed by atoms with E-state index in [2.05, 4.69) is 13.0 Å². The number of hydrogen-bond donors (Lipinski definition) is 0. The fourth-order valence-corrected chi connectivity index (χ4v) is 3.54. The summed E-state index contributed by atoms with van der Waals surface area (Å²) in [5, 5.41) is 0. The van der Waals surface area contributed by atoms with Crippen molar-refractivity contribution in [3.63, 3.8) is 0 Å². The Kier molecular flexibility index (Phi) is 11.8. The molecule has 1 saturated carbocycles. The van der Waals surface area contributed by atoms with Crippen molar-refractivity contribution in [2.24, 2.45) is 5.92 Å². The molecule has 0 amide bonds. The van der Waals surface area contributed by atoms with Gasteiger partial charge in [0, 0.05) is 20.1 Å². The second-order valence-electron chi connectivity index (χ2n) is 6.83. The summed E-state index contributed by atoms with van der Waals surface area (Å²) in [7, 11) is 3.70. The van der Waals surface area contributed by atoms with Crippen molar-refractivity contribution in [1.29, 1.82) is 0 Å². The Bertz CT molecular complexity index is 285. The fraction of sp³-hybridized carbons (Fsp3) is 0.900. The zero-order valence-corrected chi connectivity index (χ0v) is 15.2. The SMILES string of the molecule is CCCCCCC(CC=C1CCCCCCC1COC)OC. The van der Waals surface area contributed by atoms with Crippen molar-refractivity contribution in [3.8, 4) is 0 Å². The predicted octanol–water partition coefficient (Wildman–Crippen LogP) is 5.91. The van der Waals surface area contributed by atoms with Gasteiger partial charge in [-0.3, -0.25) is 0 Å². The average molecular weight is 311 g/mol. The molecule has 0 radical (unpaired) electrons. The van der Waals surface area contributed by atoms with Gasteiger partial charge in [-0.1, -0.05) is 63.5 Å². The van der Waals surface area contributed by atoms with Crippen LogP contribution in [-0.4, -0.2) is 26.9 Å². The fourth-order valence-electron chi connectivity index (χ4n) is 3.54. The molecule has 2 heteroatoms. The molecular weight excluding hydrogens is 272 g/mol. The minimum Gasteiger partial charge on any atom is -0.384 e. The lowest BCUT2D eigenvalue weighted by Gasteiger charge is -2.23. The maximum atomic E-state index is 5.70. The highest BCUT2D eigenvalue weighted by Crippen LogP contribution is 2.28. The molecule has 2 nitrogen and oxygen atoms in total. The normalized spacial score (nSPS) is 23.2. The Hall–Kier alpha value is -0.340. The van der Waals surface area contributed by atoms with E-state index in [0.29, 0.717) is 12.0 Å². The topological polar surface area (TPSA) is 18.5 Å². The second kappa shape index (κ2) is 13.1. The van der Waals surface area contributed by atoms with Crippen molar-refractivity contribution in [3.05, 3.63) is 11.6 Å². The van der Waals surface area contributed by atoms with E-state index in [-0.39, 0.29) is 0 Å². The second-order valence-corrected chi connectivity index (χ2v) is 6.83. The largest absolute Gasteiger partial charge is 0.384 e. The molecule has 0 N–H and O–H groups in total. The standard InChI is InChI=1S/C20H38O2/c1-4-5-6-11-14-20(22-3)16-15-18-12-9-7-8-10-13-19(18)17-21-2/h15,19-20H,4-14,16-17H2,1-3H3. The molecule has 1 rings (SSSR count). The summed E-state index contributed by atoms with van der Waals surface area (Å²) in [5.41, 5.74) is 1.64. The Morgan fingerprint density at radius 1 is 1.09 bits per heavy atom. The molecule has 1 fully saturated rings. The molecule has 0 spiro atoms. The summed E-state index contributed by atoms with van der Waals surface area (Å²) in [6.45, 7) is 3.16. The van der Waals surface area contributed by atoms with Gasteiger partial charge < -0.3 is 9.47 Å². The number of rotatable bonds is 10. The number of methoxy groups -OCH3 is 2. The van der Waals surface area contributed by atoms with Gasteiger partial charge in [0.25, 0.3) is 0 Å². The number of hydrogen-bond acceptors (Lipinski definition) is 2. The van der Waals surface area contributed by atoms with Crippen LogP contribution in [0.3, 0.4) is 0 Å². The first-order valence-electron chi connectivity index (χ1n) is 9.52. The van der Waals surface area contributed by atoms with Crippen LogP contribution in [0.1, 0.15) is 84.0 Å². The van der Waals surface area contributed by atoms with E-state index in [4.69, 9.17) is 9.47 Å². The highest BCUT2D eigenvalue weighted by molar-refractivity contribution is 5.08. The predicted molar refractivity (Wildman–Crippen MR) is 95.3 cm³/mol. The Balaban J connectivity index is 2.48. The average Bonchev–Trinajstić information content (AvgIpc) is 2.51. The minimum atomic E-state index is 0.401. The monoisotopic (exact) mass is 310 g/mol. The molecule has 0 heterocycles. The Morgan fingerprint density at radius 3 is 2.64 bits per heavy atom. The van der Waals surface area contributed by atoms with Gasteiger partial charge in [0.2, 0.25) is 0 Å². The van der Waals surface area contributed by atoms with Gasteiger partial charge in [-0.25, -0.2) is 0 Å². The minimum absolute atomic E-state index is 0.401. The van der Waals surface area contributed by atoms with Crippen LogP contribution in [0.2, 0.25) is 0 Å². The maximum absolute atomic E-state index is 5.70. The molecule has 2 atom stereocenters. The van der Waals surface area contributed by atoms with Gasteiger partial charge in [-0.15, -0.1) is 0 Å². The molecule has 1 aliphatic carbocycles. The van der Waals surface area contributed by atoms with Crippen LogP contribution in [0.5, 0.6) is 0 Å². The molecule has 0 aromatic rings. The lowest BCUT2D eigenvalue weighted by Crippen LogP contribution is -2.15. The smallest absolute Gasteiger partial charge is 0.0605 e. The van der Waals surface area contributed by atoms with Crippen molar-refractivity contribution in [2.75, 3.05) is 20.8 Å². The van der Waals surface area contributed by atoms with E-state index < -0.39 is 0 Å². The van der Waals surface area contributed by atoms with Gasteiger partial charge in [0.05, 0.1) is 12.7 Å².